The van der Waals surface area contributed by atoms with Crippen molar-refractivity contribution < 1.29 is 8.42 Å². The van der Waals surface area contributed by atoms with Gasteiger partial charge in [0.15, 0.2) is 5.96 Å². The summed E-state index contributed by atoms with van der Waals surface area (Å²) in [5.74, 6) is 2.08. The second-order valence-corrected chi connectivity index (χ2v) is 8.50. The largest absolute Gasteiger partial charge is 0.356 e. The molecule has 0 spiro atoms. The number of halogens is 1. The predicted molar refractivity (Wildman–Crippen MR) is 108 cm³/mol. The first-order chi connectivity index (χ1) is 10.3. The average Bonchev–Trinajstić information content (AvgIpc) is 2.46. The van der Waals surface area contributed by atoms with E-state index in [-0.39, 0.29) is 24.0 Å². The third-order valence-corrected chi connectivity index (χ3v) is 5.38. The van der Waals surface area contributed by atoms with Crippen molar-refractivity contribution >= 4 is 40.0 Å². The molecule has 2 N–H and O–H groups in total. The molecule has 1 heterocycles. The number of guanidine groups is 1. The summed E-state index contributed by atoms with van der Waals surface area (Å²) in [7, 11) is -1.25. The molecular formula is C15H33IN4O2S. The van der Waals surface area contributed by atoms with Gasteiger partial charge in [-0.1, -0.05) is 13.8 Å². The second kappa shape index (κ2) is 11.5. The third kappa shape index (κ3) is 9.71. The maximum Gasteiger partial charge on any atom is 0.211 e. The zero-order valence-electron chi connectivity index (χ0n) is 14.8. The number of nitrogens with one attached hydrogen (secondary N) is 2. The highest BCUT2D eigenvalue weighted by Gasteiger charge is 2.24. The minimum absolute atomic E-state index is 0. The Kier molecular flexibility index (Phi) is 11.4. The number of hydrogen-bond donors (Lipinski definition) is 2. The standard InChI is InChI=1S/C15H32N4O2S.HI/c1-13(2)6-5-9-17-15(16-3)18-12-14-7-10-19(11-8-14)22(4,20)21;/h13-14H,5-12H2,1-4H3,(H2,16,17,18);1H. The van der Waals surface area contributed by atoms with Gasteiger partial charge in [0.05, 0.1) is 6.26 Å². The van der Waals surface area contributed by atoms with Gasteiger partial charge >= 0.3 is 0 Å². The van der Waals surface area contributed by atoms with E-state index in [2.05, 4.69) is 29.5 Å². The Morgan fingerprint density at radius 3 is 2.35 bits per heavy atom. The first kappa shape index (κ1) is 22.9. The van der Waals surface area contributed by atoms with Crippen LogP contribution in [-0.4, -0.2) is 58.2 Å². The summed E-state index contributed by atoms with van der Waals surface area (Å²) in [6, 6.07) is 0. The van der Waals surface area contributed by atoms with E-state index >= 15 is 0 Å². The molecule has 8 heteroatoms. The third-order valence-electron chi connectivity index (χ3n) is 4.08. The molecule has 138 valence electrons. The van der Waals surface area contributed by atoms with Gasteiger partial charge in [0.25, 0.3) is 0 Å². The van der Waals surface area contributed by atoms with Crippen molar-refractivity contribution in [3.05, 3.63) is 0 Å². The lowest BCUT2D eigenvalue weighted by Crippen LogP contribution is -2.44. The molecule has 1 saturated heterocycles. The minimum atomic E-state index is -3.03. The van der Waals surface area contributed by atoms with Crippen molar-refractivity contribution in [3.63, 3.8) is 0 Å². The molecule has 0 radical (unpaired) electrons. The van der Waals surface area contributed by atoms with Gasteiger partial charge in [-0.05, 0) is 37.5 Å². The van der Waals surface area contributed by atoms with Gasteiger partial charge in [0.2, 0.25) is 10.0 Å². The van der Waals surface area contributed by atoms with Crippen molar-refractivity contribution in [2.75, 3.05) is 39.5 Å². The zero-order chi connectivity index (χ0) is 16.6. The zero-order valence-corrected chi connectivity index (χ0v) is 18.0. The maximum atomic E-state index is 11.5. The van der Waals surface area contributed by atoms with Crippen LogP contribution in [0.15, 0.2) is 4.99 Å². The lowest BCUT2D eigenvalue weighted by Gasteiger charge is -2.30. The fourth-order valence-corrected chi connectivity index (χ4v) is 3.50. The SMILES string of the molecule is CN=C(NCCCC(C)C)NCC1CCN(S(C)(=O)=O)CC1.I. The highest BCUT2D eigenvalue weighted by Crippen LogP contribution is 2.18. The van der Waals surface area contributed by atoms with E-state index in [1.807, 2.05) is 0 Å². The normalized spacial score (nSPS) is 17.9. The van der Waals surface area contributed by atoms with Crippen LogP contribution in [0.2, 0.25) is 0 Å². The minimum Gasteiger partial charge on any atom is -0.356 e. The Labute approximate surface area is 159 Å². The molecule has 0 aromatic rings. The van der Waals surface area contributed by atoms with Gasteiger partial charge < -0.3 is 10.6 Å². The first-order valence-electron chi connectivity index (χ1n) is 8.22. The quantitative estimate of drug-likeness (QED) is 0.263. The first-order valence-corrected chi connectivity index (χ1v) is 10.1. The molecule has 0 aliphatic carbocycles. The van der Waals surface area contributed by atoms with Crippen LogP contribution in [0.25, 0.3) is 0 Å². The highest BCUT2D eigenvalue weighted by atomic mass is 127. The van der Waals surface area contributed by atoms with E-state index in [0.717, 1.165) is 44.2 Å². The molecule has 0 aromatic heterocycles. The monoisotopic (exact) mass is 460 g/mol. The van der Waals surface area contributed by atoms with Crippen LogP contribution in [0, 0.1) is 11.8 Å². The molecule has 0 unspecified atom stereocenters. The highest BCUT2D eigenvalue weighted by molar-refractivity contribution is 14.0. The summed E-state index contributed by atoms with van der Waals surface area (Å²) in [6.07, 6.45) is 5.46. The smallest absolute Gasteiger partial charge is 0.211 e. The van der Waals surface area contributed by atoms with E-state index in [1.165, 1.54) is 12.7 Å². The summed E-state index contributed by atoms with van der Waals surface area (Å²) in [5, 5.41) is 6.68. The molecular weight excluding hydrogens is 427 g/mol. The van der Waals surface area contributed by atoms with Gasteiger partial charge in [-0.25, -0.2) is 12.7 Å². The second-order valence-electron chi connectivity index (χ2n) is 6.52. The van der Waals surface area contributed by atoms with Crippen LogP contribution in [0.4, 0.5) is 0 Å². The Hall–Kier alpha value is -0.0900. The van der Waals surface area contributed by atoms with Crippen LogP contribution in [-0.2, 0) is 10.0 Å². The van der Waals surface area contributed by atoms with Gasteiger partial charge in [-0.2, -0.15) is 0 Å². The van der Waals surface area contributed by atoms with Crippen LogP contribution < -0.4 is 10.6 Å². The van der Waals surface area contributed by atoms with E-state index in [0.29, 0.717) is 19.0 Å². The lowest BCUT2D eigenvalue weighted by atomic mass is 9.98. The number of aliphatic imine (C=N–C) groups is 1. The fourth-order valence-electron chi connectivity index (χ4n) is 2.62. The van der Waals surface area contributed by atoms with Gasteiger partial charge in [-0.3, -0.25) is 4.99 Å². The number of piperidine rings is 1. The molecule has 23 heavy (non-hydrogen) atoms. The van der Waals surface area contributed by atoms with Crippen molar-refractivity contribution in [1.29, 1.82) is 0 Å². The molecule has 0 atom stereocenters. The van der Waals surface area contributed by atoms with Crippen LogP contribution in [0.3, 0.4) is 0 Å². The van der Waals surface area contributed by atoms with Crippen LogP contribution >= 0.6 is 24.0 Å². The molecule has 0 aromatic carbocycles. The molecule has 1 aliphatic rings. The van der Waals surface area contributed by atoms with Crippen molar-refractivity contribution in [2.24, 2.45) is 16.8 Å². The molecule has 6 nitrogen and oxygen atoms in total. The lowest BCUT2D eigenvalue weighted by molar-refractivity contribution is 0.275. The average molecular weight is 460 g/mol. The van der Waals surface area contributed by atoms with Crippen LogP contribution in [0.5, 0.6) is 0 Å². The van der Waals surface area contributed by atoms with Gasteiger partial charge in [0.1, 0.15) is 0 Å². The van der Waals surface area contributed by atoms with E-state index in [9.17, 15) is 8.42 Å². The van der Waals surface area contributed by atoms with E-state index in [1.54, 1.807) is 11.4 Å². The van der Waals surface area contributed by atoms with Crippen LogP contribution in [0.1, 0.15) is 39.5 Å². The summed E-state index contributed by atoms with van der Waals surface area (Å²) in [5.41, 5.74) is 0. The maximum absolute atomic E-state index is 11.5. The molecule has 1 fully saturated rings. The van der Waals surface area contributed by atoms with E-state index in [4.69, 9.17) is 0 Å². The Morgan fingerprint density at radius 1 is 1.26 bits per heavy atom. The summed E-state index contributed by atoms with van der Waals surface area (Å²) < 4.78 is 24.5. The number of hydrogen-bond acceptors (Lipinski definition) is 3. The number of rotatable bonds is 7. The summed E-state index contributed by atoms with van der Waals surface area (Å²) in [4.78, 5) is 4.23. The van der Waals surface area contributed by atoms with E-state index < -0.39 is 10.0 Å². The van der Waals surface area contributed by atoms with Crippen molar-refractivity contribution in [3.8, 4) is 0 Å². The molecule has 1 rings (SSSR count). The Morgan fingerprint density at radius 2 is 1.87 bits per heavy atom. The molecule has 1 aliphatic heterocycles. The van der Waals surface area contributed by atoms with Crippen molar-refractivity contribution in [2.45, 2.75) is 39.5 Å². The molecule has 0 amide bonds. The summed E-state index contributed by atoms with van der Waals surface area (Å²) in [6.45, 7) is 7.51. The molecule has 0 saturated carbocycles. The number of nitrogens with zero attached hydrogens (tertiary/aromatic N) is 2. The Bertz CT molecular complexity index is 446. The number of sulfonamides is 1. The Balaban J connectivity index is 0.00000484. The van der Waals surface area contributed by atoms with Crippen molar-refractivity contribution in [1.82, 2.24) is 14.9 Å². The molecule has 0 bridgehead atoms. The summed E-state index contributed by atoms with van der Waals surface area (Å²) >= 11 is 0. The van der Waals surface area contributed by atoms with Gasteiger partial charge in [0, 0.05) is 33.2 Å². The fraction of sp³-hybridized carbons (Fsp3) is 0.933. The topological polar surface area (TPSA) is 73.8 Å². The predicted octanol–water partition coefficient (Wildman–Crippen LogP) is 1.88. The van der Waals surface area contributed by atoms with Gasteiger partial charge in [-0.15, -0.1) is 24.0 Å².